The number of hydrogen-bond donors (Lipinski definition) is 3. The summed E-state index contributed by atoms with van der Waals surface area (Å²) in [5, 5.41) is 17.2. The SMILES string of the molecule is CCNC(=NCC1(CCO)CCOC1)NCC1(c2ccc(Cl)cc2)CCCC1. The molecule has 28 heavy (non-hydrogen) atoms. The molecule has 0 bridgehead atoms. The van der Waals surface area contributed by atoms with E-state index in [1.165, 1.54) is 31.2 Å². The van der Waals surface area contributed by atoms with Crippen molar-refractivity contribution in [2.75, 3.05) is 39.5 Å². The average Bonchev–Trinajstić information content (AvgIpc) is 3.36. The Morgan fingerprint density at radius 3 is 2.54 bits per heavy atom. The minimum Gasteiger partial charge on any atom is -0.396 e. The van der Waals surface area contributed by atoms with Crippen LogP contribution in [0, 0.1) is 5.41 Å². The van der Waals surface area contributed by atoms with Crippen LogP contribution >= 0.6 is 11.6 Å². The van der Waals surface area contributed by atoms with Gasteiger partial charge in [0.25, 0.3) is 0 Å². The number of nitrogens with one attached hydrogen (secondary N) is 2. The minimum atomic E-state index is -0.0294. The number of aliphatic imine (C=N–C) groups is 1. The van der Waals surface area contributed by atoms with Crippen LogP contribution in [-0.4, -0.2) is 50.5 Å². The van der Waals surface area contributed by atoms with Crippen molar-refractivity contribution in [1.29, 1.82) is 0 Å². The van der Waals surface area contributed by atoms with E-state index >= 15 is 0 Å². The van der Waals surface area contributed by atoms with Gasteiger partial charge in [0.15, 0.2) is 5.96 Å². The second-order valence-electron chi connectivity index (χ2n) is 8.32. The third kappa shape index (κ3) is 5.19. The highest BCUT2D eigenvalue weighted by atomic mass is 35.5. The molecule has 1 aliphatic heterocycles. The maximum atomic E-state index is 9.44. The number of aliphatic hydroxyl groups is 1. The molecule has 0 radical (unpaired) electrons. The van der Waals surface area contributed by atoms with Crippen molar-refractivity contribution in [2.45, 2.75) is 50.9 Å². The maximum Gasteiger partial charge on any atom is 0.191 e. The van der Waals surface area contributed by atoms with Crippen LogP contribution in [0.15, 0.2) is 29.3 Å². The van der Waals surface area contributed by atoms with Crippen LogP contribution < -0.4 is 10.6 Å². The molecule has 3 rings (SSSR count). The molecule has 3 N–H and O–H groups in total. The van der Waals surface area contributed by atoms with E-state index in [1.54, 1.807) is 0 Å². The summed E-state index contributed by atoms with van der Waals surface area (Å²) in [7, 11) is 0. The van der Waals surface area contributed by atoms with E-state index in [1.807, 2.05) is 12.1 Å². The third-order valence-electron chi connectivity index (χ3n) is 6.36. The highest BCUT2D eigenvalue weighted by molar-refractivity contribution is 6.30. The van der Waals surface area contributed by atoms with Crippen molar-refractivity contribution in [2.24, 2.45) is 10.4 Å². The number of nitrogens with zero attached hydrogens (tertiary/aromatic N) is 1. The molecule has 0 amide bonds. The van der Waals surface area contributed by atoms with Crippen LogP contribution in [0.2, 0.25) is 5.02 Å². The van der Waals surface area contributed by atoms with Crippen molar-refractivity contribution < 1.29 is 9.84 Å². The Labute approximate surface area is 173 Å². The van der Waals surface area contributed by atoms with Crippen molar-refractivity contribution >= 4 is 17.6 Å². The third-order valence-corrected chi connectivity index (χ3v) is 6.61. The van der Waals surface area contributed by atoms with Gasteiger partial charge in [-0.05, 0) is 50.3 Å². The van der Waals surface area contributed by atoms with Gasteiger partial charge in [-0.3, -0.25) is 4.99 Å². The summed E-state index contributed by atoms with van der Waals surface area (Å²) in [5.41, 5.74) is 1.47. The van der Waals surface area contributed by atoms with E-state index < -0.39 is 0 Å². The van der Waals surface area contributed by atoms with Gasteiger partial charge in [0.05, 0.1) is 13.2 Å². The van der Waals surface area contributed by atoms with Crippen molar-refractivity contribution in [3.63, 3.8) is 0 Å². The lowest BCUT2D eigenvalue weighted by molar-refractivity contribution is 0.131. The quantitative estimate of drug-likeness (QED) is 0.456. The Kier molecular flexibility index (Phi) is 7.61. The smallest absolute Gasteiger partial charge is 0.191 e. The molecule has 0 spiro atoms. The molecule has 1 aromatic carbocycles. The van der Waals surface area contributed by atoms with Crippen LogP contribution in [0.3, 0.4) is 0 Å². The fourth-order valence-electron chi connectivity index (χ4n) is 4.55. The summed E-state index contributed by atoms with van der Waals surface area (Å²) >= 11 is 6.10. The Morgan fingerprint density at radius 2 is 1.93 bits per heavy atom. The normalized spacial score (nSPS) is 24.5. The Bertz CT molecular complexity index is 636. The summed E-state index contributed by atoms with van der Waals surface area (Å²) in [5.74, 6) is 0.854. The van der Waals surface area contributed by atoms with Gasteiger partial charge in [0, 0.05) is 42.2 Å². The molecule has 1 saturated carbocycles. The topological polar surface area (TPSA) is 65.9 Å². The number of benzene rings is 1. The monoisotopic (exact) mass is 407 g/mol. The number of rotatable bonds is 8. The first-order valence-electron chi connectivity index (χ1n) is 10.6. The standard InChI is InChI=1S/C22H34ClN3O2/c1-2-24-20(25-15-21(11-13-27)12-14-28-17-21)26-16-22(9-3-4-10-22)18-5-7-19(23)8-6-18/h5-8,27H,2-4,9-17H2,1H3,(H2,24,25,26). The lowest BCUT2D eigenvalue weighted by Gasteiger charge is -2.31. The van der Waals surface area contributed by atoms with Crippen LogP contribution in [0.4, 0.5) is 0 Å². The summed E-state index contributed by atoms with van der Waals surface area (Å²) < 4.78 is 5.60. The number of aliphatic hydroxyl groups excluding tert-OH is 1. The van der Waals surface area contributed by atoms with Gasteiger partial charge in [0.1, 0.15) is 0 Å². The van der Waals surface area contributed by atoms with Crippen LogP contribution in [-0.2, 0) is 10.2 Å². The summed E-state index contributed by atoms with van der Waals surface area (Å²) in [6.07, 6.45) is 6.59. The van der Waals surface area contributed by atoms with E-state index in [2.05, 4.69) is 29.7 Å². The molecular weight excluding hydrogens is 374 g/mol. The summed E-state index contributed by atoms with van der Waals surface area (Å²) in [4.78, 5) is 4.87. The molecule has 1 saturated heterocycles. The lowest BCUT2D eigenvalue weighted by Crippen LogP contribution is -2.45. The molecule has 2 fully saturated rings. The number of guanidine groups is 1. The molecule has 2 aliphatic rings. The predicted molar refractivity (Wildman–Crippen MR) is 115 cm³/mol. The van der Waals surface area contributed by atoms with Gasteiger partial charge in [-0.2, -0.15) is 0 Å². The number of hydrogen-bond acceptors (Lipinski definition) is 3. The molecule has 5 nitrogen and oxygen atoms in total. The van der Waals surface area contributed by atoms with Crippen molar-refractivity contribution in [3.8, 4) is 0 Å². The first-order chi connectivity index (χ1) is 13.6. The Morgan fingerprint density at radius 1 is 1.18 bits per heavy atom. The van der Waals surface area contributed by atoms with E-state index in [0.29, 0.717) is 13.2 Å². The van der Waals surface area contributed by atoms with Gasteiger partial charge < -0.3 is 20.5 Å². The second-order valence-corrected chi connectivity index (χ2v) is 8.76. The Balaban J connectivity index is 1.69. The van der Waals surface area contributed by atoms with Gasteiger partial charge >= 0.3 is 0 Å². The molecular formula is C22H34ClN3O2. The van der Waals surface area contributed by atoms with Gasteiger partial charge in [-0.1, -0.05) is 36.6 Å². The minimum absolute atomic E-state index is 0.0294. The van der Waals surface area contributed by atoms with Crippen molar-refractivity contribution in [1.82, 2.24) is 10.6 Å². The van der Waals surface area contributed by atoms with Crippen molar-refractivity contribution in [3.05, 3.63) is 34.9 Å². The van der Waals surface area contributed by atoms with E-state index in [9.17, 15) is 5.11 Å². The first kappa shape index (κ1) is 21.4. The van der Waals surface area contributed by atoms with E-state index in [-0.39, 0.29) is 17.4 Å². The second kappa shape index (κ2) is 9.95. The fraction of sp³-hybridized carbons (Fsp3) is 0.682. The molecule has 156 valence electrons. The molecule has 1 aromatic rings. The molecule has 1 atom stereocenters. The lowest BCUT2D eigenvalue weighted by atomic mass is 9.79. The zero-order valence-electron chi connectivity index (χ0n) is 17.0. The summed E-state index contributed by atoms with van der Waals surface area (Å²) in [6, 6.07) is 8.33. The molecule has 1 aliphatic carbocycles. The zero-order valence-corrected chi connectivity index (χ0v) is 17.7. The van der Waals surface area contributed by atoms with Gasteiger partial charge in [-0.25, -0.2) is 0 Å². The van der Waals surface area contributed by atoms with Crippen LogP contribution in [0.1, 0.15) is 51.0 Å². The number of ether oxygens (including phenoxy) is 1. The van der Waals surface area contributed by atoms with E-state index in [4.69, 9.17) is 21.3 Å². The van der Waals surface area contributed by atoms with Gasteiger partial charge in [0.2, 0.25) is 0 Å². The average molecular weight is 408 g/mol. The first-order valence-corrected chi connectivity index (χ1v) is 11.0. The fourth-order valence-corrected chi connectivity index (χ4v) is 4.68. The maximum absolute atomic E-state index is 9.44. The summed E-state index contributed by atoms with van der Waals surface area (Å²) in [6.45, 7) is 6.08. The highest BCUT2D eigenvalue weighted by Crippen LogP contribution is 2.41. The predicted octanol–water partition coefficient (Wildman–Crippen LogP) is 3.50. The Hall–Kier alpha value is -1.30. The van der Waals surface area contributed by atoms with Crippen LogP contribution in [0.5, 0.6) is 0 Å². The molecule has 1 unspecified atom stereocenters. The van der Waals surface area contributed by atoms with Crippen LogP contribution in [0.25, 0.3) is 0 Å². The molecule has 1 heterocycles. The molecule has 0 aromatic heterocycles. The van der Waals surface area contributed by atoms with E-state index in [0.717, 1.165) is 43.5 Å². The molecule has 6 heteroatoms. The van der Waals surface area contributed by atoms with Gasteiger partial charge in [-0.15, -0.1) is 0 Å². The zero-order chi connectivity index (χ0) is 19.9. The number of halogens is 1. The largest absolute Gasteiger partial charge is 0.396 e. The highest BCUT2D eigenvalue weighted by Gasteiger charge is 2.36.